The van der Waals surface area contributed by atoms with Crippen molar-refractivity contribution < 1.29 is 9.53 Å². The van der Waals surface area contributed by atoms with E-state index in [-0.39, 0.29) is 5.91 Å². The fraction of sp³-hybridized carbons (Fsp3) is 0.125. The van der Waals surface area contributed by atoms with E-state index in [1.807, 2.05) is 43.3 Å². The normalized spacial score (nSPS) is 10.4. The monoisotopic (exact) mass is 268 g/mol. The Hall–Kier alpha value is -2.62. The van der Waals surface area contributed by atoms with Crippen LogP contribution in [0.5, 0.6) is 5.75 Å². The second-order valence-corrected chi connectivity index (χ2v) is 4.01. The number of amides is 1. The van der Waals surface area contributed by atoms with Gasteiger partial charge in [-0.2, -0.15) is 0 Å². The molecule has 1 N–H and O–H groups in total. The Balaban J connectivity index is 2.03. The molecule has 1 aromatic carbocycles. The van der Waals surface area contributed by atoms with E-state index in [0.29, 0.717) is 18.0 Å². The standard InChI is InChI=1S/C16H16N2O2/c1-2-20-15-9-4-3-8-14(15)18-16(19)11-10-13-7-5-6-12-17-13/h3-12H,2H2,1H3,(H,18,19)/b11-10+. The first-order valence-electron chi connectivity index (χ1n) is 6.41. The molecule has 1 amide bonds. The van der Waals surface area contributed by atoms with Crippen LogP contribution in [0.3, 0.4) is 0 Å². The summed E-state index contributed by atoms with van der Waals surface area (Å²) in [7, 11) is 0. The molecule has 0 saturated heterocycles. The van der Waals surface area contributed by atoms with E-state index in [1.54, 1.807) is 18.3 Å². The highest BCUT2D eigenvalue weighted by Gasteiger charge is 2.04. The molecule has 0 saturated carbocycles. The van der Waals surface area contributed by atoms with E-state index in [0.717, 1.165) is 5.69 Å². The summed E-state index contributed by atoms with van der Waals surface area (Å²) >= 11 is 0. The third kappa shape index (κ3) is 3.95. The molecule has 20 heavy (non-hydrogen) atoms. The molecular weight excluding hydrogens is 252 g/mol. The topological polar surface area (TPSA) is 51.2 Å². The van der Waals surface area contributed by atoms with Gasteiger partial charge in [0, 0.05) is 12.3 Å². The smallest absolute Gasteiger partial charge is 0.248 e. The lowest BCUT2D eigenvalue weighted by Gasteiger charge is -2.09. The van der Waals surface area contributed by atoms with Crippen molar-refractivity contribution in [1.29, 1.82) is 0 Å². The maximum absolute atomic E-state index is 11.9. The molecule has 0 fully saturated rings. The maximum atomic E-state index is 11.9. The molecule has 1 heterocycles. The molecule has 0 aliphatic carbocycles. The Labute approximate surface area is 118 Å². The lowest BCUT2D eigenvalue weighted by molar-refractivity contribution is -0.111. The van der Waals surface area contributed by atoms with Crippen molar-refractivity contribution in [2.45, 2.75) is 6.92 Å². The number of hydrogen-bond donors (Lipinski definition) is 1. The van der Waals surface area contributed by atoms with Gasteiger partial charge >= 0.3 is 0 Å². The first-order valence-corrected chi connectivity index (χ1v) is 6.41. The van der Waals surface area contributed by atoms with Crippen molar-refractivity contribution in [2.24, 2.45) is 0 Å². The molecule has 0 radical (unpaired) electrons. The van der Waals surface area contributed by atoms with Gasteiger partial charge in [-0.15, -0.1) is 0 Å². The van der Waals surface area contributed by atoms with Gasteiger partial charge in [-0.05, 0) is 37.3 Å². The van der Waals surface area contributed by atoms with Gasteiger partial charge in [-0.1, -0.05) is 18.2 Å². The Bertz CT molecular complexity index is 594. The zero-order chi connectivity index (χ0) is 14.2. The predicted octanol–water partition coefficient (Wildman–Crippen LogP) is 3.13. The average Bonchev–Trinajstić information content (AvgIpc) is 2.49. The van der Waals surface area contributed by atoms with E-state index in [4.69, 9.17) is 4.74 Å². The fourth-order valence-corrected chi connectivity index (χ4v) is 1.66. The number of pyridine rings is 1. The second-order valence-electron chi connectivity index (χ2n) is 4.01. The Morgan fingerprint density at radius 1 is 1.25 bits per heavy atom. The molecule has 0 spiro atoms. The second kappa shape index (κ2) is 7.09. The summed E-state index contributed by atoms with van der Waals surface area (Å²) < 4.78 is 5.45. The highest BCUT2D eigenvalue weighted by atomic mass is 16.5. The van der Waals surface area contributed by atoms with Gasteiger partial charge in [-0.3, -0.25) is 9.78 Å². The largest absolute Gasteiger partial charge is 0.492 e. The van der Waals surface area contributed by atoms with Crippen LogP contribution in [0.4, 0.5) is 5.69 Å². The molecule has 0 atom stereocenters. The van der Waals surface area contributed by atoms with E-state index < -0.39 is 0 Å². The number of anilines is 1. The Morgan fingerprint density at radius 2 is 2.05 bits per heavy atom. The lowest BCUT2D eigenvalue weighted by Crippen LogP contribution is -2.09. The van der Waals surface area contributed by atoms with Crippen molar-refractivity contribution in [2.75, 3.05) is 11.9 Å². The van der Waals surface area contributed by atoms with Crippen LogP contribution in [0.2, 0.25) is 0 Å². The summed E-state index contributed by atoms with van der Waals surface area (Å²) in [6, 6.07) is 12.9. The van der Waals surface area contributed by atoms with Gasteiger partial charge in [0.1, 0.15) is 5.75 Å². The van der Waals surface area contributed by atoms with Gasteiger partial charge in [-0.25, -0.2) is 0 Å². The molecule has 4 heteroatoms. The quantitative estimate of drug-likeness (QED) is 0.848. The van der Waals surface area contributed by atoms with Crippen LogP contribution in [0.1, 0.15) is 12.6 Å². The van der Waals surface area contributed by atoms with Crippen molar-refractivity contribution in [3.05, 3.63) is 60.4 Å². The number of aromatic nitrogens is 1. The number of nitrogens with zero attached hydrogens (tertiary/aromatic N) is 1. The van der Waals surface area contributed by atoms with Gasteiger partial charge in [0.05, 0.1) is 18.0 Å². The third-order valence-corrected chi connectivity index (χ3v) is 2.54. The summed E-state index contributed by atoms with van der Waals surface area (Å²) in [5.41, 5.74) is 1.39. The van der Waals surface area contributed by atoms with Crippen LogP contribution in [0.25, 0.3) is 6.08 Å². The first kappa shape index (κ1) is 13.8. The van der Waals surface area contributed by atoms with Crippen molar-refractivity contribution >= 4 is 17.7 Å². The summed E-state index contributed by atoms with van der Waals surface area (Å²) in [4.78, 5) is 16.0. The van der Waals surface area contributed by atoms with Crippen molar-refractivity contribution in [3.8, 4) is 5.75 Å². The molecule has 2 rings (SSSR count). The first-order chi connectivity index (χ1) is 9.79. The molecule has 102 valence electrons. The number of benzene rings is 1. The van der Waals surface area contributed by atoms with Crippen LogP contribution in [-0.4, -0.2) is 17.5 Å². The number of ether oxygens (including phenoxy) is 1. The van der Waals surface area contributed by atoms with E-state index in [1.165, 1.54) is 6.08 Å². The number of rotatable bonds is 5. The molecule has 0 aliphatic heterocycles. The van der Waals surface area contributed by atoms with Crippen LogP contribution >= 0.6 is 0 Å². The highest BCUT2D eigenvalue weighted by molar-refractivity contribution is 6.02. The Morgan fingerprint density at radius 3 is 2.80 bits per heavy atom. The number of carbonyl (C=O) groups excluding carboxylic acids is 1. The zero-order valence-corrected chi connectivity index (χ0v) is 11.2. The van der Waals surface area contributed by atoms with E-state index >= 15 is 0 Å². The minimum absolute atomic E-state index is 0.220. The average molecular weight is 268 g/mol. The number of hydrogen-bond acceptors (Lipinski definition) is 3. The molecule has 0 aliphatic rings. The highest BCUT2D eigenvalue weighted by Crippen LogP contribution is 2.23. The van der Waals surface area contributed by atoms with Gasteiger partial charge in [0.2, 0.25) is 5.91 Å². The summed E-state index contributed by atoms with van der Waals surface area (Å²) in [5.74, 6) is 0.442. The number of carbonyl (C=O) groups is 1. The van der Waals surface area contributed by atoms with Gasteiger partial charge < -0.3 is 10.1 Å². The van der Waals surface area contributed by atoms with E-state index in [9.17, 15) is 4.79 Å². The summed E-state index contributed by atoms with van der Waals surface area (Å²) in [6.07, 6.45) is 4.80. The third-order valence-electron chi connectivity index (χ3n) is 2.54. The zero-order valence-electron chi connectivity index (χ0n) is 11.2. The van der Waals surface area contributed by atoms with Gasteiger partial charge in [0.25, 0.3) is 0 Å². The Kier molecular flexibility index (Phi) is 4.89. The van der Waals surface area contributed by atoms with Crippen molar-refractivity contribution in [3.63, 3.8) is 0 Å². The molecule has 0 bridgehead atoms. The molecule has 2 aromatic rings. The number of nitrogens with one attached hydrogen (secondary N) is 1. The molecular formula is C16H16N2O2. The minimum Gasteiger partial charge on any atom is -0.492 e. The summed E-state index contributed by atoms with van der Waals surface area (Å²) in [5, 5.41) is 2.79. The molecule has 0 unspecified atom stereocenters. The van der Waals surface area contributed by atoms with Crippen LogP contribution in [0, 0.1) is 0 Å². The van der Waals surface area contributed by atoms with Crippen LogP contribution in [-0.2, 0) is 4.79 Å². The van der Waals surface area contributed by atoms with Gasteiger partial charge in [0.15, 0.2) is 0 Å². The summed E-state index contributed by atoms with van der Waals surface area (Å²) in [6.45, 7) is 2.45. The molecule has 4 nitrogen and oxygen atoms in total. The number of para-hydroxylation sites is 2. The minimum atomic E-state index is -0.220. The fourth-order valence-electron chi connectivity index (χ4n) is 1.66. The van der Waals surface area contributed by atoms with Crippen molar-refractivity contribution in [1.82, 2.24) is 4.98 Å². The molecule has 1 aromatic heterocycles. The SMILES string of the molecule is CCOc1ccccc1NC(=O)/C=C/c1ccccn1. The van der Waals surface area contributed by atoms with E-state index in [2.05, 4.69) is 10.3 Å². The van der Waals surface area contributed by atoms with Crippen LogP contribution in [0.15, 0.2) is 54.7 Å². The van der Waals surface area contributed by atoms with Crippen LogP contribution < -0.4 is 10.1 Å². The predicted molar refractivity (Wildman–Crippen MR) is 79.5 cm³/mol. The maximum Gasteiger partial charge on any atom is 0.248 e. The lowest BCUT2D eigenvalue weighted by atomic mass is 10.3.